The van der Waals surface area contributed by atoms with Crippen molar-refractivity contribution in [2.75, 3.05) is 0 Å². The van der Waals surface area contributed by atoms with Gasteiger partial charge in [-0.05, 0) is 42.5 Å². The van der Waals surface area contributed by atoms with E-state index < -0.39 is 21.3 Å². The van der Waals surface area contributed by atoms with E-state index >= 15 is 0 Å². The average molecular weight is 428 g/mol. The summed E-state index contributed by atoms with van der Waals surface area (Å²) in [6, 6.07) is 24.4. The Morgan fingerprint density at radius 3 is 2.14 bits per heavy atom. The highest BCUT2D eigenvalue weighted by Gasteiger charge is 2.29. The number of aryl methyl sites for hydroxylation is 1. The Balaban J connectivity index is 1.95. The van der Waals surface area contributed by atoms with Crippen molar-refractivity contribution in [1.29, 1.82) is 0 Å². The third kappa shape index (κ3) is 5.47. The van der Waals surface area contributed by atoms with Crippen molar-refractivity contribution in [3.8, 4) is 0 Å². The second kappa shape index (κ2) is 9.57. The van der Waals surface area contributed by atoms with Crippen molar-refractivity contribution in [3.63, 3.8) is 0 Å². The molecule has 0 aliphatic heterocycles. The molecule has 3 aromatic carbocycles. The van der Waals surface area contributed by atoms with Gasteiger partial charge in [-0.1, -0.05) is 96.9 Å². The second-order valence-corrected chi connectivity index (χ2v) is 9.65. The van der Waals surface area contributed by atoms with Crippen LogP contribution in [-0.2, 0) is 16.4 Å². The van der Waals surface area contributed by atoms with Crippen molar-refractivity contribution in [1.82, 2.24) is 4.72 Å². The van der Waals surface area contributed by atoms with Gasteiger partial charge >= 0.3 is 0 Å². The molecule has 0 heterocycles. The van der Waals surface area contributed by atoms with E-state index in [2.05, 4.69) is 4.72 Å². The van der Waals surface area contributed by atoms with Crippen molar-refractivity contribution in [2.24, 2.45) is 0 Å². The van der Waals surface area contributed by atoms with Crippen LogP contribution in [0.5, 0.6) is 0 Å². The molecule has 0 saturated heterocycles. The van der Waals surface area contributed by atoms with Crippen molar-refractivity contribution in [3.05, 3.63) is 106 Å². The molecule has 152 valence electrons. The van der Waals surface area contributed by atoms with Gasteiger partial charge in [0.25, 0.3) is 0 Å². The lowest BCUT2D eigenvalue weighted by atomic mass is 9.99. The van der Waals surface area contributed by atoms with Crippen molar-refractivity contribution >= 4 is 21.6 Å². The Hall–Kier alpha value is -2.14. The monoisotopic (exact) mass is 427 g/mol. The number of hydrogen-bond acceptors (Lipinski definition) is 2. The summed E-state index contributed by atoms with van der Waals surface area (Å²) in [7, 11) is -3.60. The van der Waals surface area contributed by atoms with Gasteiger partial charge in [-0.3, -0.25) is 0 Å². The maximum absolute atomic E-state index is 13.3. The molecule has 0 radical (unpaired) electrons. The van der Waals surface area contributed by atoms with Crippen LogP contribution >= 0.6 is 11.6 Å². The van der Waals surface area contributed by atoms with Gasteiger partial charge in [0.2, 0.25) is 10.0 Å². The molecule has 0 aliphatic carbocycles. The van der Waals surface area contributed by atoms with Gasteiger partial charge in [0.1, 0.15) is 0 Å². The van der Waals surface area contributed by atoms with Crippen LogP contribution in [0.15, 0.2) is 78.9 Å². The van der Waals surface area contributed by atoms with E-state index in [1.807, 2.05) is 86.6 Å². The first-order valence-corrected chi connectivity index (χ1v) is 11.7. The minimum atomic E-state index is -3.60. The summed E-state index contributed by atoms with van der Waals surface area (Å²) in [5.41, 5.74) is 3.73. The van der Waals surface area contributed by atoms with E-state index in [1.165, 1.54) is 0 Å². The van der Waals surface area contributed by atoms with E-state index in [0.29, 0.717) is 17.9 Å². The Kier molecular flexibility index (Phi) is 7.12. The van der Waals surface area contributed by atoms with Crippen LogP contribution in [0.25, 0.3) is 0 Å². The summed E-state index contributed by atoms with van der Waals surface area (Å²) in [5.74, 6) is 0. The molecular formula is C24H26ClNO2S. The van der Waals surface area contributed by atoms with E-state index in [0.717, 1.165) is 22.3 Å². The molecule has 0 spiro atoms. The SMILES string of the molecule is CCC(Cc1ccccc1)S(=O)(=O)NC(c1ccc(C)cc1)c1ccccc1Cl. The summed E-state index contributed by atoms with van der Waals surface area (Å²) in [6.45, 7) is 3.91. The third-order valence-electron chi connectivity index (χ3n) is 5.11. The van der Waals surface area contributed by atoms with Crippen molar-refractivity contribution < 1.29 is 8.42 Å². The van der Waals surface area contributed by atoms with Gasteiger partial charge in [-0.25, -0.2) is 13.1 Å². The summed E-state index contributed by atoms with van der Waals surface area (Å²) >= 11 is 6.44. The van der Waals surface area contributed by atoms with Gasteiger partial charge in [-0.15, -0.1) is 0 Å². The molecule has 0 aromatic heterocycles. The fraction of sp³-hybridized carbons (Fsp3) is 0.250. The Morgan fingerprint density at radius 2 is 1.52 bits per heavy atom. The summed E-state index contributed by atoms with van der Waals surface area (Å²) in [6.07, 6.45) is 0.989. The quantitative estimate of drug-likeness (QED) is 0.502. The first kappa shape index (κ1) is 21.6. The second-order valence-electron chi connectivity index (χ2n) is 7.25. The molecule has 0 bridgehead atoms. The average Bonchev–Trinajstić information content (AvgIpc) is 2.72. The first-order valence-electron chi connectivity index (χ1n) is 9.76. The zero-order chi connectivity index (χ0) is 20.9. The molecular weight excluding hydrogens is 402 g/mol. The maximum Gasteiger partial charge on any atom is 0.215 e. The molecule has 0 saturated carbocycles. The van der Waals surface area contributed by atoms with Gasteiger partial charge in [-0.2, -0.15) is 0 Å². The third-order valence-corrected chi connectivity index (χ3v) is 7.40. The molecule has 0 aliphatic rings. The molecule has 0 amide bonds. The van der Waals surface area contributed by atoms with Gasteiger partial charge in [0, 0.05) is 5.02 Å². The maximum atomic E-state index is 13.3. The van der Waals surface area contributed by atoms with Crippen LogP contribution in [0.3, 0.4) is 0 Å². The molecule has 3 rings (SSSR count). The number of halogens is 1. The molecule has 3 aromatic rings. The minimum absolute atomic E-state index is 0.468. The van der Waals surface area contributed by atoms with Crippen LogP contribution in [0.2, 0.25) is 5.02 Å². The van der Waals surface area contributed by atoms with Crippen LogP contribution in [-0.4, -0.2) is 13.7 Å². The van der Waals surface area contributed by atoms with Crippen molar-refractivity contribution in [2.45, 2.75) is 38.0 Å². The predicted molar refractivity (Wildman–Crippen MR) is 121 cm³/mol. The van der Waals surface area contributed by atoms with Crippen LogP contribution in [0.1, 0.15) is 41.6 Å². The van der Waals surface area contributed by atoms with Gasteiger partial charge in [0.15, 0.2) is 0 Å². The normalized spacial score (nSPS) is 13.8. The van der Waals surface area contributed by atoms with Gasteiger partial charge < -0.3 is 0 Å². The predicted octanol–water partition coefficient (Wildman–Crippen LogP) is 5.68. The number of hydrogen-bond donors (Lipinski definition) is 1. The molecule has 3 nitrogen and oxygen atoms in total. The summed E-state index contributed by atoms with van der Waals surface area (Å²) in [4.78, 5) is 0. The molecule has 1 N–H and O–H groups in total. The van der Waals surface area contributed by atoms with E-state index in [1.54, 1.807) is 6.07 Å². The largest absolute Gasteiger partial charge is 0.215 e. The van der Waals surface area contributed by atoms with Crippen LogP contribution in [0.4, 0.5) is 0 Å². The molecule has 29 heavy (non-hydrogen) atoms. The lowest BCUT2D eigenvalue weighted by Gasteiger charge is -2.24. The lowest BCUT2D eigenvalue weighted by molar-refractivity contribution is 0.550. The fourth-order valence-electron chi connectivity index (χ4n) is 3.39. The first-order chi connectivity index (χ1) is 13.9. The molecule has 2 atom stereocenters. The highest BCUT2D eigenvalue weighted by molar-refractivity contribution is 7.90. The molecule has 0 fully saturated rings. The van der Waals surface area contributed by atoms with E-state index in [9.17, 15) is 8.42 Å². The number of rotatable bonds is 8. The fourth-order valence-corrected chi connectivity index (χ4v) is 5.27. The molecule has 5 heteroatoms. The molecule has 2 unspecified atom stereocenters. The highest BCUT2D eigenvalue weighted by Crippen LogP contribution is 2.30. The summed E-state index contributed by atoms with van der Waals surface area (Å²) in [5, 5.41) is 0.0113. The standard InChI is InChI=1S/C24H26ClNO2S/c1-3-21(17-19-9-5-4-6-10-19)29(27,28)26-24(20-15-13-18(2)14-16-20)22-11-7-8-12-23(22)25/h4-16,21,24,26H,3,17H2,1-2H3. The Bertz CT molecular complexity index is 1030. The minimum Gasteiger partial charge on any atom is -0.212 e. The lowest BCUT2D eigenvalue weighted by Crippen LogP contribution is -2.38. The van der Waals surface area contributed by atoms with Crippen LogP contribution < -0.4 is 4.72 Å². The summed E-state index contributed by atoms with van der Waals surface area (Å²) < 4.78 is 29.6. The topological polar surface area (TPSA) is 46.2 Å². The Morgan fingerprint density at radius 1 is 0.897 bits per heavy atom. The van der Waals surface area contributed by atoms with Gasteiger partial charge in [0.05, 0.1) is 11.3 Å². The van der Waals surface area contributed by atoms with Crippen LogP contribution in [0, 0.1) is 6.92 Å². The number of sulfonamides is 1. The number of benzene rings is 3. The smallest absolute Gasteiger partial charge is 0.212 e. The highest BCUT2D eigenvalue weighted by atomic mass is 35.5. The number of nitrogens with one attached hydrogen (secondary N) is 1. The van der Waals surface area contributed by atoms with E-state index in [4.69, 9.17) is 11.6 Å². The Labute approximate surface area is 178 Å². The van der Waals surface area contributed by atoms with E-state index in [-0.39, 0.29) is 0 Å². The zero-order valence-electron chi connectivity index (χ0n) is 16.7. The zero-order valence-corrected chi connectivity index (χ0v) is 18.2.